The Kier molecular flexibility index (Phi) is 5.45. The Hall–Kier alpha value is -1.95. The number of pyridine rings is 1. The second-order valence-electron chi connectivity index (χ2n) is 6.44. The highest BCUT2D eigenvalue weighted by Gasteiger charge is 2.33. The minimum atomic E-state index is -1.02. The summed E-state index contributed by atoms with van der Waals surface area (Å²) < 4.78 is 11.4. The molecule has 1 aliphatic rings. The van der Waals surface area contributed by atoms with Gasteiger partial charge in [-0.1, -0.05) is 17.7 Å². The van der Waals surface area contributed by atoms with Crippen molar-refractivity contribution >= 4 is 0 Å². The molecule has 0 amide bonds. The fourth-order valence-corrected chi connectivity index (χ4v) is 2.82. The van der Waals surface area contributed by atoms with Gasteiger partial charge in [0.25, 0.3) is 0 Å². The van der Waals surface area contributed by atoms with Crippen molar-refractivity contribution in [3.05, 3.63) is 59.9 Å². The molecule has 3 rings (SSSR count). The molecule has 5 heteroatoms. The fraction of sp³-hybridized carbons (Fsp3) is 0.421. The summed E-state index contributed by atoms with van der Waals surface area (Å²) in [4.78, 5) is 6.24. The van der Waals surface area contributed by atoms with Crippen molar-refractivity contribution in [1.82, 2.24) is 9.88 Å². The maximum absolute atomic E-state index is 10.9. The number of hydrogen-bond acceptors (Lipinski definition) is 5. The number of nitrogens with zero attached hydrogens (tertiary/aromatic N) is 2. The SMILES string of the molecule is Cc1ccc(OC[C@@]2(O)COCCN(Cc3ccncc3)C2)cc1. The van der Waals surface area contributed by atoms with Gasteiger partial charge in [0.15, 0.2) is 0 Å². The van der Waals surface area contributed by atoms with Gasteiger partial charge < -0.3 is 14.6 Å². The Bertz CT molecular complexity index is 633. The number of β-amino-alcohol motifs (C(OH)–C–C–N with tert-alkyl or cyclic N) is 1. The number of aliphatic hydroxyl groups is 1. The molecule has 0 saturated carbocycles. The lowest BCUT2D eigenvalue weighted by Gasteiger charge is -2.30. The third kappa shape index (κ3) is 4.77. The van der Waals surface area contributed by atoms with Crippen LogP contribution in [0.1, 0.15) is 11.1 Å². The number of aromatic nitrogens is 1. The molecule has 1 saturated heterocycles. The maximum atomic E-state index is 10.9. The van der Waals surface area contributed by atoms with E-state index in [1.165, 1.54) is 11.1 Å². The predicted octanol–water partition coefficient (Wildman–Crippen LogP) is 2.03. The van der Waals surface area contributed by atoms with Crippen LogP contribution in [0.5, 0.6) is 5.75 Å². The summed E-state index contributed by atoms with van der Waals surface area (Å²) in [6.45, 7) is 5.20. The van der Waals surface area contributed by atoms with Crippen LogP contribution in [0.3, 0.4) is 0 Å². The van der Waals surface area contributed by atoms with Gasteiger partial charge in [0.05, 0.1) is 13.2 Å². The van der Waals surface area contributed by atoms with Crippen LogP contribution in [-0.2, 0) is 11.3 Å². The van der Waals surface area contributed by atoms with Gasteiger partial charge in [-0.25, -0.2) is 0 Å². The normalized spacial score (nSPS) is 22.1. The first-order chi connectivity index (χ1) is 11.6. The molecule has 0 aliphatic carbocycles. The van der Waals surface area contributed by atoms with Crippen LogP contribution in [0.2, 0.25) is 0 Å². The van der Waals surface area contributed by atoms with Gasteiger partial charge in [-0.3, -0.25) is 9.88 Å². The third-order valence-electron chi connectivity index (χ3n) is 4.12. The summed E-state index contributed by atoms with van der Waals surface area (Å²) in [6, 6.07) is 11.8. The Balaban J connectivity index is 1.61. The largest absolute Gasteiger partial charge is 0.490 e. The Morgan fingerprint density at radius 3 is 2.71 bits per heavy atom. The Morgan fingerprint density at radius 1 is 1.21 bits per heavy atom. The molecule has 24 heavy (non-hydrogen) atoms. The average molecular weight is 328 g/mol. The minimum Gasteiger partial charge on any atom is -0.490 e. The van der Waals surface area contributed by atoms with Gasteiger partial charge in [0.2, 0.25) is 0 Å². The van der Waals surface area contributed by atoms with Crippen LogP contribution in [0.4, 0.5) is 0 Å². The van der Waals surface area contributed by atoms with Gasteiger partial charge in [0, 0.05) is 32.0 Å². The summed E-state index contributed by atoms with van der Waals surface area (Å²) in [6.07, 6.45) is 3.58. The maximum Gasteiger partial charge on any atom is 0.134 e. The van der Waals surface area contributed by atoms with Crippen LogP contribution < -0.4 is 4.74 Å². The highest BCUT2D eigenvalue weighted by Crippen LogP contribution is 2.18. The quantitative estimate of drug-likeness (QED) is 0.910. The minimum absolute atomic E-state index is 0.211. The summed E-state index contributed by atoms with van der Waals surface area (Å²) >= 11 is 0. The van der Waals surface area contributed by atoms with Crippen LogP contribution in [0.25, 0.3) is 0 Å². The number of ether oxygens (including phenoxy) is 2. The molecule has 0 unspecified atom stereocenters. The van der Waals surface area contributed by atoms with E-state index in [0.29, 0.717) is 13.2 Å². The molecule has 2 aromatic rings. The molecule has 0 radical (unpaired) electrons. The first-order valence-electron chi connectivity index (χ1n) is 8.24. The zero-order valence-electron chi connectivity index (χ0n) is 14.0. The molecule has 5 nitrogen and oxygen atoms in total. The van der Waals surface area contributed by atoms with Crippen molar-refractivity contribution in [2.45, 2.75) is 19.1 Å². The molecule has 1 fully saturated rings. The first-order valence-corrected chi connectivity index (χ1v) is 8.24. The molecule has 0 spiro atoms. The monoisotopic (exact) mass is 328 g/mol. The van der Waals surface area contributed by atoms with E-state index in [2.05, 4.69) is 9.88 Å². The lowest BCUT2D eigenvalue weighted by atomic mass is 10.1. The Labute approximate surface area is 142 Å². The van der Waals surface area contributed by atoms with E-state index in [4.69, 9.17) is 9.47 Å². The van der Waals surface area contributed by atoms with Crippen LogP contribution >= 0.6 is 0 Å². The lowest BCUT2D eigenvalue weighted by molar-refractivity contribution is -0.0646. The molecular weight excluding hydrogens is 304 g/mol. The van der Waals surface area contributed by atoms with Gasteiger partial charge in [-0.2, -0.15) is 0 Å². The average Bonchev–Trinajstić information content (AvgIpc) is 2.77. The fourth-order valence-electron chi connectivity index (χ4n) is 2.82. The van der Waals surface area contributed by atoms with Crippen molar-refractivity contribution in [2.75, 3.05) is 32.9 Å². The number of rotatable bonds is 5. The standard InChI is InChI=1S/C19H24N2O3/c1-16-2-4-18(5-3-16)24-15-19(22)13-21(10-11-23-14-19)12-17-6-8-20-9-7-17/h2-9,22H,10-15H2,1H3/t19-/m0/s1. The molecule has 1 N–H and O–H groups in total. The van der Waals surface area contributed by atoms with Gasteiger partial charge in [0.1, 0.15) is 18.0 Å². The molecule has 0 bridgehead atoms. The van der Waals surface area contributed by atoms with Crippen LogP contribution in [-0.4, -0.2) is 53.5 Å². The van der Waals surface area contributed by atoms with Crippen molar-refractivity contribution in [3.63, 3.8) is 0 Å². The number of benzene rings is 1. The summed E-state index contributed by atoms with van der Waals surface area (Å²) in [5, 5.41) is 10.9. The molecule has 128 valence electrons. The van der Waals surface area contributed by atoms with Crippen molar-refractivity contribution in [3.8, 4) is 5.75 Å². The summed E-state index contributed by atoms with van der Waals surface area (Å²) in [7, 11) is 0. The van der Waals surface area contributed by atoms with Crippen molar-refractivity contribution in [2.24, 2.45) is 0 Å². The zero-order chi connectivity index (χ0) is 16.8. The van der Waals surface area contributed by atoms with E-state index in [0.717, 1.165) is 18.8 Å². The van der Waals surface area contributed by atoms with E-state index in [9.17, 15) is 5.11 Å². The molecule has 1 atom stereocenters. The van der Waals surface area contributed by atoms with Gasteiger partial charge >= 0.3 is 0 Å². The first kappa shape index (κ1) is 16.9. The Morgan fingerprint density at radius 2 is 1.96 bits per heavy atom. The van der Waals surface area contributed by atoms with E-state index in [-0.39, 0.29) is 13.2 Å². The highest BCUT2D eigenvalue weighted by atomic mass is 16.5. The topological polar surface area (TPSA) is 54.8 Å². The number of hydrogen-bond donors (Lipinski definition) is 1. The molecular formula is C19H24N2O3. The highest BCUT2D eigenvalue weighted by molar-refractivity contribution is 5.26. The zero-order valence-corrected chi connectivity index (χ0v) is 14.0. The van der Waals surface area contributed by atoms with Gasteiger partial charge in [-0.15, -0.1) is 0 Å². The van der Waals surface area contributed by atoms with E-state index >= 15 is 0 Å². The predicted molar refractivity (Wildman–Crippen MR) is 92.0 cm³/mol. The van der Waals surface area contributed by atoms with Crippen LogP contribution in [0.15, 0.2) is 48.8 Å². The molecule has 2 heterocycles. The summed E-state index contributed by atoms with van der Waals surface area (Å²) in [5.74, 6) is 0.763. The molecule has 1 aromatic heterocycles. The van der Waals surface area contributed by atoms with Crippen LogP contribution in [0, 0.1) is 6.92 Å². The summed E-state index contributed by atoms with van der Waals surface area (Å²) in [5.41, 5.74) is 1.34. The van der Waals surface area contributed by atoms with E-state index in [1.807, 2.05) is 43.3 Å². The lowest BCUT2D eigenvalue weighted by Crippen LogP contribution is -2.48. The second kappa shape index (κ2) is 7.75. The van der Waals surface area contributed by atoms with E-state index in [1.54, 1.807) is 12.4 Å². The molecule has 1 aliphatic heterocycles. The van der Waals surface area contributed by atoms with Crippen molar-refractivity contribution in [1.29, 1.82) is 0 Å². The van der Waals surface area contributed by atoms with Crippen molar-refractivity contribution < 1.29 is 14.6 Å². The smallest absolute Gasteiger partial charge is 0.134 e. The molecule has 1 aromatic carbocycles. The van der Waals surface area contributed by atoms with Gasteiger partial charge in [-0.05, 0) is 36.8 Å². The third-order valence-corrected chi connectivity index (χ3v) is 4.12. The van der Waals surface area contributed by atoms with E-state index < -0.39 is 5.60 Å². The number of aryl methyl sites for hydroxylation is 1. The second-order valence-corrected chi connectivity index (χ2v) is 6.44.